The Morgan fingerprint density at radius 2 is 0.422 bits per heavy atom. The van der Waals surface area contributed by atoms with Crippen molar-refractivity contribution in [3.8, 4) is 0 Å². The van der Waals surface area contributed by atoms with Crippen LogP contribution in [0.5, 0.6) is 0 Å². The molecule has 12 nitrogen and oxygen atoms in total. The van der Waals surface area contributed by atoms with Crippen LogP contribution in [0.15, 0.2) is 0 Å². The van der Waals surface area contributed by atoms with E-state index in [4.69, 9.17) is 20.4 Å². The zero-order valence-corrected chi connectivity index (χ0v) is 32.0. The van der Waals surface area contributed by atoms with E-state index in [-0.39, 0.29) is 44.2 Å². The Morgan fingerprint density at radius 1 is 0.333 bits per heavy atom. The fourth-order valence-electron chi connectivity index (χ4n) is 3.05. The number of carboxylic acids is 4. The van der Waals surface area contributed by atoms with E-state index in [2.05, 4.69) is 0 Å². The van der Waals surface area contributed by atoms with Gasteiger partial charge in [-0.05, 0) is 27.7 Å². The van der Waals surface area contributed by atoms with Crippen LogP contribution in [0.2, 0.25) is 0 Å². The van der Waals surface area contributed by atoms with Crippen LogP contribution >= 0.6 is 0 Å². The molecule has 0 aromatic rings. The number of hydrogen-bond acceptors (Lipinski definition) is 8. The van der Waals surface area contributed by atoms with Gasteiger partial charge in [0.2, 0.25) is 0 Å². The Kier molecular flexibility index (Phi) is 23.5. The molecular weight excluding hydrogens is 771 g/mol. The van der Waals surface area contributed by atoms with E-state index in [0.717, 1.165) is 0 Å². The quantitative estimate of drug-likeness (QED) is 0.230. The molecule has 4 N–H and O–H groups in total. The topological polar surface area (TPSA) is 217 Å². The molecule has 13 heteroatoms. The Labute approximate surface area is 282 Å². The van der Waals surface area contributed by atoms with E-state index in [0.29, 0.717) is 0 Å². The van der Waals surface area contributed by atoms with Gasteiger partial charge in [0.15, 0.2) is 23.1 Å². The third-order valence-corrected chi connectivity index (χ3v) is 6.01. The normalized spacial score (nSPS) is 13.9. The SMILES string of the molecule is CC(C(=O)O)C(=O)C(C)(C)C.CC(C(=O)O)C(=O)C(C)(C)C.CC(C(=O)O)C(=O)C(C)(C)C.CC(C(=O)O)C(=O)C(C)(C)C.[Pt]. The molecule has 0 saturated carbocycles. The van der Waals surface area contributed by atoms with Crippen LogP contribution < -0.4 is 0 Å². The van der Waals surface area contributed by atoms with E-state index >= 15 is 0 Å². The van der Waals surface area contributed by atoms with Gasteiger partial charge in [0.05, 0.1) is 0 Å². The maximum Gasteiger partial charge on any atom is 0.313 e. The van der Waals surface area contributed by atoms with E-state index in [1.165, 1.54) is 27.7 Å². The first-order valence-corrected chi connectivity index (χ1v) is 14.1. The van der Waals surface area contributed by atoms with Crippen molar-refractivity contribution >= 4 is 47.0 Å². The number of carbonyl (C=O) groups is 8. The maximum atomic E-state index is 11.2. The summed E-state index contributed by atoms with van der Waals surface area (Å²) in [5.74, 6) is -8.70. The number of rotatable bonds is 8. The number of carboxylic acid groups (broad SMARTS) is 4. The van der Waals surface area contributed by atoms with Gasteiger partial charge < -0.3 is 20.4 Å². The van der Waals surface area contributed by atoms with Gasteiger partial charge in [-0.1, -0.05) is 83.1 Å². The predicted octanol–water partition coefficient (Wildman–Crippen LogP) is 5.29. The molecule has 0 heterocycles. The van der Waals surface area contributed by atoms with Gasteiger partial charge in [-0.2, -0.15) is 0 Å². The summed E-state index contributed by atoms with van der Waals surface area (Å²) >= 11 is 0. The molecule has 0 fully saturated rings. The van der Waals surface area contributed by atoms with Crippen LogP contribution in [0.4, 0.5) is 0 Å². The summed E-state index contributed by atoms with van der Waals surface area (Å²) in [6.07, 6.45) is 0. The summed E-state index contributed by atoms with van der Waals surface area (Å²) in [4.78, 5) is 86.4. The van der Waals surface area contributed by atoms with Gasteiger partial charge in [-0.15, -0.1) is 0 Å². The Morgan fingerprint density at radius 3 is 0.444 bits per heavy atom. The van der Waals surface area contributed by atoms with Crippen LogP contribution in [0.25, 0.3) is 0 Å². The van der Waals surface area contributed by atoms with Crippen molar-refractivity contribution in [2.75, 3.05) is 0 Å². The van der Waals surface area contributed by atoms with Crippen molar-refractivity contribution in [2.24, 2.45) is 45.3 Å². The molecule has 0 aromatic heterocycles. The van der Waals surface area contributed by atoms with Crippen molar-refractivity contribution in [1.82, 2.24) is 0 Å². The van der Waals surface area contributed by atoms with Gasteiger partial charge in [0.25, 0.3) is 0 Å². The summed E-state index contributed by atoms with van der Waals surface area (Å²) in [6, 6.07) is 0. The van der Waals surface area contributed by atoms with Crippen molar-refractivity contribution < 1.29 is 79.8 Å². The minimum Gasteiger partial charge on any atom is -0.481 e. The Hall–Kier alpha value is -2.75. The zero-order valence-electron chi connectivity index (χ0n) is 29.7. The first-order chi connectivity index (χ1) is 19.1. The van der Waals surface area contributed by atoms with Crippen LogP contribution in [0.3, 0.4) is 0 Å². The Bertz CT molecular complexity index is 880. The minimum atomic E-state index is -1.05. The molecule has 0 amide bonds. The fraction of sp³-hybridized carbons (Fsp3) is 0.750. The summed E-state index contributed by atoms with van der Waals surface area (Å²) in [5.41, 5.74) is -2.23. The molecule has 0 aliphatic heterocycles. The largest absolute Gasteiger partial charge is 0.481 e. The summed E-state index contributed by atoms with van der Waals surface area (Å²) in [7, 11) is 0. The second kappa shape index (κ2) is 20.4. The first kappa shape index (κ1) is 51.8. The van der Waals surface area contributed by atoms with Gasteiger partial charge in [0, 0.05) is 42.7 Å². The van der Waals surface area contributed by atoms with Crippen LogP contribution in [-0.2, 0) is 59.4 Å². The molecule has 0 radical (unpaired) electrons. The van der Waals surface area contributed by atoms with Crippen LogP contribution in [0, 0.1) is 45.3 Å². The number of carbonyl (C=O) groups excluding carboxylic acids is 4. The smallest absolute Gasteiger partial charge is 0.313 e. The van der Waals surface area contributed by atoms with E-state index < -0.39 is 69.2 Å². The van der Waals surface area contributed by atoms with E-state index in [9.17, 15) is 38.4 Å². The van der Waals surface area contributed by atoms with E-state index in [1.807, 2.05) is 0 Å². The molecular formula is C32H56O12Pt. The summed E-state index contributed by atoms with van der Waals surface area (Å²) in [5, 5.41) is 34.0. The number of ketones is 4. The predicted molar refractivity (Wildman–Crippen MR) is 165 cm³/mol. The average Bonchev–Trinajstić information content (AvgIpc) is 2.83. The molecule has 4 unspecified atom stereocenters. The molecule has 0 aliphatic rings. The molecule has 266 valence electrons. The number of Topliss-reactive ketones (excluding diaryl/α,β-unsaturated/α-hetero) is 4. The second-order valence-corrected chi connectivity index (χ2v) is 14.7. The Balaban J connectivity index is -0.000000157. The van der Waals surface area contributed by atoms with Gasteiger partial charge in [-0.25, -0.2) is 0 Å². The number of aliphatic carboxylic acids is 4. The zero-order chi connectivity index (χ0) is 36.9. The molecule has 0 bridgehead atoms. The second-order valence-electron chi connectivity index (χ2n) is 14.7. The van der Waals surface area contributed by atoms with E-state index in [1.54, 1.807) is 83.1 Å². The van der Waals surface area contributed by atoms with Crippen molar-refractivity contribution in [3.63, 3.8) is 0 Å². The van der Waals surface area contributed by atoms with Gasteiger partial charge in [-0.3, -0.25) is 38.4 Å². The molecule has 0 spiro atoms. The molecule has 4 atom stereocenters. The molecule has 0 saturated heterocycles. The minimum absolute atomic E-state index is 0. The van der Waals surface area contributed by atoms with Crippen molar-refractivity contribution in [1.29, 1.82) is 0 Å². The van der Waals surface area contributed by atoms with Gasteiger partial charge in [0.1, 0.15) is 23.7 Å². The standard InChI is InChI=1S/4C8H14O3.Pt/c4*1-5(7(10)11)6(9)8(2,3)4;/h4*5H,1-4H3,(H,10,11);. The number of hydrogen-bond donors (Lipinski definition) is 4. The van der Waals surface area contributed by atoms with Crippen LogP contribution in [-0.4, -0.2) is 67.4 Å². The third kappa shape index (κ3) is 22.4. The maximum absolute atomic E-state index is 11.2. The summed E-state index contributed by atoms with van der Waals surface area (Å²) < 4.78 is 0. The summed E-state index contributed by atoms with van der Waals surface area (Å²) in [6.45, 7) is 26.3. The fourth-order valence-corrected chi connectivity index (χ4v) is 3.05. The van der Waals surface area contributed by atoms with Gasteiger partial charge >= 0.3 is 23.9 Å². The van der Waals surface area contributed by atoms with Crippen molar-refractivity contribution in [2.45, 2.75) is 111 Å². The molecule has 0 aromatic carbocycles. The van der Waals surface area contributed by atoms with Crippen molar-refractivity contribution in [3.05, 3.63) is 0 Å². The molecule has 0 rings (SSSR count). The van der Waals surface area contributed by atoms with Crippen LogP contribution in [0.1, 0.15) is 111 Å². The third-order valence-electron chi connectivity index (χ3n) is 6.01. The molecule has 45 heavy (non-hydrogen) atoms. The monoisotopic (exact) mass is 827 g/mol. The average molecular weight is 828 g/mol. The first-order valence-electron chi connectivity index (χ1n) is 14.1. The molecule has 0 aliphatic carbocycles.